The molecule has 44 heavy (non-hydrogen) atoms. The minimum atomic E-state index is -0.769. The maximum atomic E-state index is 14.0. The fourth-order valence-electron chi connectivity index (χ4n) is 4.85. The molecule has 228 valence electrons. The van der Waals surface area contributed by atoms with Crippen molar-refractivity contribution < 1.29 is 23.7 Å². The molecule has 1 atom stereocenters. The van der Waals surface area contributed by atoms with Crippen molar-refractivity contribution in [2.45, 2.75) is 33.4 Å². The zero-order chi connectivity index (χ0) is 31.4. The number of ether oxygens (including phenoxy) is 4. The van der Waals surface area contributed by atoms with E-state index in [1.165, 1.54) is 11.3 Å². The SMILES string of the molecule is CCOC(=O)C1=C(C)N=c2s/c(=C/c3ccc(OCc4ccc(Cl)c(Cl)c4)cc3)c(=O)n2[C@@H]1c1ccc(OC)c(OCC)c1. The second-order valence-electron chi connectivity index (χ2n) is 9.75. The van der Waals surface area contributed by atoms with Crippen LogP contribution in [0, 0.1) is 0 Å². The molecule has 0 bridgehead atoms. The summed E-state index contributed by atoms with van der Waals surface area (Å²) in [5, 5.41) is 0.959. The second kappa shape index (κ2) is 13.7. The van der Waals surface area contributed by atoms with Gasteiger partial charge < -0.3 is 18.9 Å². The zero-order valence-electron chi connectivity index (χ0n) is 24.6. The fourth-order valence-corrected chi connectivity index (χ4v) is 6.21. The Labute approximate surface area is 268 Å². The molecule has 0 spiro atoms. The third kappa shape index (κ3) is 6.55. The summed E-state index contributed by atoms with van der Waals surface area (Å²) >= 11 is 13.4. The molecular formula is C33H30Cl2N2O6S. The van der Waals surface area contributed by atoms with Gasteiger partial charge in [-0.25, -0.2) is 9.79 Å². The lowest BCUT2D eigenvalue weighted by atomic mass is 9.95. The van der Waals surface area contributed by atoms with Crippen LogP contribution in [0.2, 0.25) is 10.0 Å². The Hall–Kier alpha value is -4.05. The highest BCUT2D eigenvalue weighted by atomic mass is 35.5. The van der Waals surface area contributed by atoms with Crippen LogP contribution in [0.1, 0.15) is 43.5 Å². The van der Waals surface area contributed by atoms with Crippen LogP contribution in [-0.2, 0) is 16.1 Å². The Morgan fingerprint density at radius 1 is 0.977 bits per heavy atom. The molecule has 1 aliphatic heterocycles. The number of thiazole rings is 1. The normalized spacial score (nSPS) is 14.6. The molecule has 0 saturated carbocycles. The van der Waals surface area contributed by atoms with Crippen molar-refractivity contribution in [3.8, 4) is 17.2 Å². The predicted molar refractivity (Wildman–Crippen MR) is 172 cm³/mol. The first-order valence-electron chi connectivity index (χ1n) is 13.9. The lowest BCUT2D eigenvalue weighted by Crippen LogP contribution is -2.40. The number of aromatic nitrogens is 1. The molecule has 0 unspecified atom stereocenters. The van der Waals surface area contributed by atoms with Gasteiger partial charge in [-0.1, -0.05) is 58.8 Å². The highest BCUT2D eigenvalue weighted by Crippen LogP contribution is 2.36. The number of fused-ring (bicyclic) bond motifs is 1. The van der Waals surface area contributed by atoms with Crippen LogP contribution in [-0.4, -0.2) is 30.9 Å². The van der Waals surface area contributed by atoms with Crippen molar-refractivity contribution in [1.29, 1.82) is 0 Å². The maximum absolute atomic E-state index is 14.0. The summed E-state index contributed by atoms with van der Waals surface area (Å²) in [6.45, 7) is 6.29. The van der Waals surface area contributed by atoms with Crippen molar-refractivity contribution in [3.63, 3.8) is 0 Å². The van der Waals surface area contributed by atoms with Crippen molar-refractivity contribution in [2.24, 2.45) is 4.99 Å². The molecule has 1 aliphatic rings. The summed E-state index contributed by atoms with van der Waals surface area (Å²) in [6.07, 6.45) is 1.80. The Morgan fingerprint density at radius 2 is 1.75 bits per heavy atom. The summed E-state index contributed by atoms with van der Waals surface area (Å²) < 4.78 is 24.6. The summed E-state index contributed by atoms with van der Waals surface area (Å²) in [6, 6.07) is 17.4. The number of methoxy groups -OCH3 is 1. The average molecular weight is 654 g/mol. The van der Waals surface area contributed by atoms with E-state index in [2.05, 4.69) is 4.99 Å². The molecular weight excluding hydrogens is 623 g/mol. The Kier molecular flexibility index (Phi) is 9.78. The van der Waals surface area contributed by atoms with Crippen LogP contribution < -0.4 is 29.1 Å². The average Bonchev–Trinajstić information content (AvgIpc) is 3.31. The van der Waals surface area contributed by atoms with Gasteiger partial charge >= 0.3 is 5.97 Å². The number of benzene rings is 3. The van der Waals surface area contributed by atoms with E-state index in [1.807, 2.05) is 43.3 Å². The summed E-state index contributed by atoms with van der Waals surface area (Å²) in [5.41, 5.74) is 2.87. The number of carbonyl (C=O) groups is 1. The maximum Gasteiger partial charge on any atom is 0.338 e. The number of nitrogens with zero attached hydrogens (tertiary/aromatic N) is 2. The van der Waals surface area contributed by atoms with E-state index in [9.17, 15) is 9.59 Å². The molecule has 8 nitrogen and oxygen atoms in total. The first kappa shape index (κ1) is 31.4. The van der Waals surface area contributed by atoms with Crippen molar-refractivity contribution in [2.75, 3.05) is 20.3 Å². The van der Waals surface area contributed by atoms with E-state index in [0.29, 0.717) is 66.7 Å². The summed E-state index contributed by atoms with van der Waals surface area (Å²) in [4.78, 5) is 32.3. The monoisotopic (exact) mass is 652 g/mol. The predicted octanol–water partition coefficient (Wildman–Crippen LogP) is 6.09. The van der Waals surface area contributed by atoms with Crippen LogP contribution in [0.15, 0.2) is 81.7 Å². The van der Waals surface area contributed by atoms with Gasteiger partial charge in [-0.2, -0.15) is 0 Å². The third-order valence-corrected chi connectivity index (χ3v) is 8.61. The van der Waals surface area contributed by atoms with Gasteiger partial charge in [0, 0.05) is 0 Å². The van der Waals surface area contributed by atoms with Gasteiger partial charge in [-0.05, 0) is 79.9 Å². The van der Waals surface area contributed by atoms with Gasteiger partial charge in [0.25, 0.3) is 5.56 Å². The fraction of sp³-hybridized carbons (Fsp3) is 0.242. The molecule has 4 aromatic rings. The number of hydrogen-bond acceptors (Lipinski definition) is 8. The quantitative estimate of drug-likeness (QED) is 0.193. The standard InChI is InChI=1S/C33H30Cl2N2O6S/c1-5-41-27-17-22(10-14-26(27)40-4)30-29(32(39)42-6-2)19(3)36-33-37(30)31(38)28(44-33)16-20-7-11-23(12-8-20)43-18-21-9-13-24(34)25(35)15-21/h7-17,30H,5-6,18H2,1-4H3/b28-16+/t30-/m1/s1. The largest absolute Gasteiger partial charge is 0.493 e. The van der Waals surface area contributed by atoms with Gasteiger partial charge in [-0.15, -0.1) is 0 Å². The minimum Gasteiger partial charge on any atom is -0.493 e. The molecule has 11 heteroatoms. The lowest BCUT2D eigenvalue weighted by Gasteiger charge is -2.25. The molecule has 0 fully saturated rings. The number of rotatable bonds is 10. The highest BCUT2D eigenvalue weighted by Gasteiger charge is 2.34. The smallest absolute Gasteiger partial charge is 0.338 e. The van der Waals surface area contributed by atoms with Crippen LogP contribution in [0.4, 0.5) is 0 Å². The van der Waals surface area contributed by atoms with E-state index in [0.717, 1.165) is 11.1 Å². The molecule has 3 aromatic carbocycles. The van der Waals surface area contributed by atoms with Crippen LogP contribution >= 0.6 is 34.5 Å². The molecule has 5 rings (SSSR count). The molecule has 0 saturated heterocycles. The first-order chi connectivity index (χ1) is 21.2. The number of halogens is 2. The highest BCUT2D eigenvalue weighted by molar-refractivity contribution is 7.07. The van der Waals surface area contributed by atoms with Gasteiger partial charge in [0.1, 0.15) is 12.4 Å². The van der Waals surface area contributed by atoms with Gasteiger partial charge in [0.2, 0.25) is 0 Å². The van der Waals surface area contributed by atoms with Gasteiger partial charge in [0.05, 0.1) is 52.2 Å². The molecule has 0 amide bonds. The summed E-state index contributed by atoms with van der Waals surface area (Å²) in [7, 11) is 1.56. The van der Waals surface area contributed by atoms with Gasteiger partial charge in [0.15, 0.2) is 16.3 Å². The topological polar surface area (TPSA) is 88.4 Å². The zero-order valence-corrected chi connectivity index (χ0v) is 26.9. The van der Waals surface area contributed by atoms with Crippen molar-refractivity contribution >= 4 is 46.6 Å². The van der Waals surface area contributed by atoms with Gasteiger partial charge in [-0.3, -0.25) is 9.36 Å². The van der Waals surface area contributed by atoms with Crippen LogP contribution in [0.5, 0.6) is 17.2 Å². The van der Waals surface area contributed by atoms with E-state index in [-0.39, 0.29) is 12.2 Å². The van der Waals surface area contributed by atoms with E-state index >= 15 is 0 Å². The van der Waals surface area contributed by atoms with E-state index in [1.54, 1.807) is 55.9 Å². The number of hydrogen-bond donors (Lipinski definition) is 0. The van der Waals surface area contributed by atoms with Crippen molar-refractivity contribution in [3.05, 3.63) is 118 Å². The molecule has 0 radical (unpaired) electrons. The Bertz CT molecular complexity index is 1910. The Morgan fingerprint density at radius 3 is 2.43 bits per heavy atom. The third-order valence-electron chi connectivity index (χ3n) is 6.89. The minimum absolute atomic E-state index is 0.187. The van der Waals surface area contributed by atoms with Crippen LogP contribution in [0.25, 0.3) is 6.08 Å². The van der Waals surface area contributed by atoms with Crippen LogP contribution in [0.3, 0.4) is 0 Å². The molecule has 1 aromatic heterocycles. The summed E-state index contributed by atoms with van der Waals surface area (Å²) in [5.74, 6) is 1.19. The number of esters is 1. The second-order valence-corrected chi connectivity index (χ2v) is 11.6. The molecule has 2 heterocycles. The number of allylic oxidation sites excluding steroid dienone is 1. The Balaban J connectivity index is 1.51. The van der Waals surface area contributed by atoms with Crippen molar-refractivity contribution in [1.82, 2.24) is 4.57 Å². The molecule has 0 N–H and O–H groups in total. The first-order valence-corrected chi connectivity index (χ1v) is 15.5. The lowest BCUT2D eigenvalue weighted by molar-refractivity contribution is -0.139. The van der Waals surface area contributed by atoms with E-state index < -0.39 is 12.0 Å². The molecule has 0 aliphatic carbocycles. The van der Waals surface area contributed by atoms with E-state index in [4.69, 9.17) is 42.1 Å². The number of carbonyl (C=O) groups excluding carboxylic acids is 1.